The van der Waals surface area contributed by atoms with E-state index in [1.165, 1.54) is 18.9 Å². The molecule has 1 amide bonds. The van der Waals surface area contributed by atoms with E-state index in [-0.39, 0.29) is 12.5 Å². The van der Waals surface area contributed by atoms with Gasteiger partial charge in [-0.15, -0.1) is 0 Å². The van der Waals surface area contributed by atoms with Crippen molar-refractivity contribution in [3.05, 3.63) is 57.4 Å². The van der Waals surface area contributed by atoms with Crippen LogP contribution < -0.4 is 14.8 Å². The number of hydrogen-bond donors (Lipinski definition) is 1. The molecule has 8 heteroatoms. The number of nitriles is 1. The summed E-state index contributed by atoms with van der Waals surface area (Å²) in [5, 5.41) is 12.0. The Morgan fingerprint density at radius 3 is 2.78 bits per heavy atom. The zero-order chi connectivity index (χ0) is 19.2. The number of amides is 1. The molecule has 0 unspecified atom stereocenters. The molecule has 0 radical (unpaired) electrons. The Bertz CT molecular complexity index is 968. The SMILES string of the molecule is COc1cc(/C=C2\SC(=Nc3ccccc3)NC2=O)c(Br)cc1OCC#N. The van der Waals surface area contributed by atoms with Crippen LogP contribution in [0, 0.1) is 11.3 Å². The summed E-state index contributed by atoms with van der Waals surface area (Å²) in [5.41, 5.74) is 1.51. The molecule has 1 aliphatic rings. The maximum absolute atomic E-state index is 12.3. The number of ether oxygens (including phenoxy) is 2. The number of rotatable bonds is 5. The van der Waals surface area contributed by atoms with Gasteiger partial charge in [-0.1, -0.05) is 34.1 Å². The molecule has 1 saturated heterocycles. The van der Waals surface area contributed by atoms with E-state index in [1.807, 2.05) is 36.4 Å². The van der Waals surface area contributed by atoms with E-state index < -0.39 is 0 Å². The van der Waals surface area contributed by atoms with Gasteiger partial charge in [0.2, 0.25) is 0 Å². The summed E-state index contributed by atoms with van der Waals surface area (Å²) in [6.07, 6.45) is 1.74. The van der Waals surface area contributed by atoms with Crippen molar-refractivity contribution < 1.29 is 14.3 Å². The number of carbonyl (C=O) groups is 1. The van der Waals surface area contributed by atoms with Gasteiger partial charge in [-0.3, -0.25) is 4.79 Å². The first-order valence-corrected chi connectivity index (χ1v) is 9.43. The zero-order valence-electron chi connectivity index (χ0n) is 14.2. The number of hydrogen-bond acceptors (Lipinski definition) is 6. The Morgan fingerprint density at radius 1 is 1.30 bits per heavy atom. The van der Waals surface area contributed by atoms with Crippen LogP contribution in [0.3, 0.4) is 0 Å². The number of nitrogens with zero attached hydrogens (tertiary/aromatic N) is 2. The van der Waals surface area contributed by atoms with Gasteiger partial charge >= 0.3 is 0 Å². The quantitative estimate of drug-likeness (QED) is 0.698. The maximum atomic E-state index is 12.3. The summed E-state index contributed by atoms with van der Waals surface area (Å²) in [5.74, 6) is 0.704. The Balaban J connectivity index is 1.87. The van der Waals surface area contributed by atoms with Gasteiger partial charge in [-0.05, 0) is 47.7 Å². The molecule has 0 aromatic heterocycles. The summed E-state index contributed by atoms with van der Waals surface area (Å²) in [6.45, 7) is -0.0825. The third-order valence-electron chi connectivity index (χ3n) is 3.50. The minimum absolute atomic E-state index is 0.0825. The minimum Gasteiger partial charge on any atom is -0.493 e. The van der Waals surface area contributed by atoms with E-state index in [9.17, 15) is 4.79 Å². The second-order valence-electron chi connectivity index (χ2n) is 5.29. The summed E-state index contributed by atoms with van der Waals surface area (Å²) >= 11 is 4.73. The highest BCUT2D eigenvalue weighted by Gasteiger charge is 2.24. The van der Waals surface area contributed by atoms with Gasteiger partial charge in [0.1, 0.15) is 6.07 Å². The average Bonchev–Trinajstić information content (AvgIpc) is 3.01. The van der Waals surface area contributed by atoms with Crippen LogP contribution in [0.15, 0.2) is 56.8 Å². The largest absolute Gasteiger partial charge is 0.493 e. The van der Waals surface area contributed by atoms with Crippen LogP contribution >= 0.6 is 27.7 Å². The van der Waals surface area contributed by atoms with Gasteiger partial charge in [0.05, 0.1) is 17.7 Å². The van der Waals surface area contributed by atoms with Crippen LogP contribution in [0.2, 0.25) is 0 Å². The van der Waals surface area contributed by atoms with Crippen LogP contribution in [0.4, 0.5) is 5.69 Å². The highest BCUT2D eigenvalue weighted by atomic mass is 79.9. The Kier molecular flexibility index (Phi) is 6.16. The van der Waals surface area contributed by atoms with Crippen LogP contribution in [0.1, 0.15) is 5.56 Å². The van der Waals surface area contributed by atoms with E-state index in [4.69, 9.17) is 14.7 Å². The van der Waals surface area contributed by atoms with Gasteiger partial charge in [-0.25, -0.2) is 4.99 Å². The number of methoxy groups -OCH3 is 1. The van der Waals surface area contributed by atoms with Crippen molar-refractivity contribution >= 4 is 50.5 Å². The number of benzene rings is 2. The van der Waals surface area contributed by atoms with Crippen molar-refractivity contribution in [2.24, 2.45) is 4.99 Å². The predicted molar refractivity (Wildman–Crippen MR) is 109 cm³/mol. The molecule has 0 spiro atoms. The topological polar surface area (TPSA) is 83.7 Å². The van der Waals surface area contributed by atoms with Gasteiger partial charge in [-0.2, -0.15) is 5.26 Å². The smallest absolute Gasteiger partial charge is 0.264 e. The zero-order valence-corrected chi connectivity index (χ0v) is 16.6. The Morgan fingerprint density at radius 2 is 2.07 bits per heavy atom. The molecule has 0 aliphatic carbocycles. The van der Waals surface area contributed by atoms with Crippen LogP contribution in [-0.2, 0) is 4.79 Å². The summed E-state index contributed by atoms with van der Waals surface area (Å²) in [4.78, 5) is 17.2. The average molecular weight is 444 g/mol. The van der Waals surface area contributed by atoms with Crippen molar-refractivity contribution in [1.29, 1.82) is 5.26 Å². The van der Waals surface area contributed by atoms with Crippen LogP contribution in [-0.4, -0.2) is 24.8 Å². The van der Waals surface area contributed by atoms with E-state index in [0.29, 0.717) is 26.0 Å². The molecule has 136 valence electrons. The first kappa shape index (κ1) is 19.0. The number of carbonyl (C=O) groups excluding carboxylic acids is 1. The summed E-state index contributed by atoms with van der Waals surface area (Å²) in [6, 6.07) is 14.8. The lowest BCUT2D eigenvalue weighted by Gasteiger charge is -2.11. The molecular formula is C19H14BrN3O3S. The second kappa shape index (κ2) is 8.75. The van der Waals surface area contributed by atoms with E-state index >= 15 is 0 Å². The Hall–Kier alpha value is -2.76. The fraction of sp³-hybridized carbons (Fsp3) is 0.105. The number of amidine groups is 1. The molecule has 2 aromatic carbocycles. The van der Waals surface area contributed by atoms with Crippen molar-refractivity contribution in [3.8, 4) is 17.6 Å². The minimum atomic E-state index is -0.217. The monoisotopic (exact) mass is 443 g/mol. The number of aliphatic imine (C=N–C) groups is 1. The molecule has 3 rings (SSSR count). The van der Waals surface area contributed by atoms with E-state index in [0.717, 1.165) is 11.3 Å². The lowest BCUT2D eigenvalue weighted by molar-refractivity contribution is -0.115. The van der Waals surface area contributed by atoms with Crippen molar-refractivity contribution in [1.82, 2.24) is 5.32 Å². The first-order valence-electron chi connectivity index (χ1n) is 7.82. The molecule has 6 nitrogen and oxygen atoms in total. The van der Waals surface area contributed by atoms with E-state index in [1.54, 1.807) is 18.2 Å². The molecule has 1 heterocycles. The third kappa shape index (κ3) is 4.70. The standard InChI is InChI=1S/C19H14BrN3O3S/c1-25-15-9-12(14(20)11-16(15)26-8-7-21)10-17-18(24)23-19(27-17)22-13-5-3-2-4-6-13/h2-6,9-11H,8H2,1H3,(H,22,23,24)/b17-10-. The number of halogens is 1. The van der Waals surface area contributed by atoms with Crippen molar-refractivity contribution in [2.75, 3.05) is 13.7 Å². The van der Waals surface area contributed by atoms with Crippen LogP contribution in [0.25, 0.3) is 6.08 Å². The van der Waals surface area contributed by atoms with E-state index in [2.05, 4.69) is 26.2 Å². The normalized spacial score (nSPS) is 16.3. The maximum Gasteiger partial charge on any atom is 0.264 e. The summed E-state index contributed by atoms with van der Waals surface area (Å²) < 4.78 is 11.4. The highest BCUT2D eigenvalue weighted by Crippen LogP contribution is 2.36. The number of thioether (sulfide) groups is 1. The van der Waals surface area contributed by atoms with Crippen LogP contribution in [0.5, 0.6) is 11.5 Å². The highest BCUT2D eigenvalue weighted by molar-refractivity contribution is 9.10. The van der Waals surface area contributed by atoms with Gasteiger partial charge in [0.15, 0.2) is 23.3 Å². The predicted octanol–water partition coefficient (Wildman–Crippen LogP) is 4.25. The Labute approximate surface area is 169 Å². The fourth-order valence-corrected chi connectivity index (χ4v) is 3.55. The number of nitrogens with one attached hydrogen (secondary N) is 1. The molecule has 0 atom stereocenters. The van der Waals surface area contributed by atoms with Crippen molar-refractivity contribution in [2.45, 2.75) is 0 Å². The molecule has 2 aromatic rings. The first-order chi connectivity index (χ1) is 13.1. The lowest BCUT2D eigenvalue weighted by atomic mass is 10.2. The molecule has 0 saturated carbocycles. The molecule has 1 N–H and O–H groups in total. The fourth-order valence-electron chi connectivity index (χ4n) is 2.29. The van der Waals surface area contributed by atoms with Gasteiger partial charge < -0.3 is 14.8 Å². The molecular weight excluding hydrogens is 430 g/mol. The molecule has 0 bridgehead atoms. The molecule has 1 aliphatic heterocycles. The van der Waals surface area contributed by atoms with Gasteiger partial charge in [0.25, 0.3) is 5.91 Å². The molecule has 27 heavy (non-hydrogen) atoms. The lowest BCUT2D eigenvalue weighted by Crippen LogP contribution is -2.19. The number of para-hydroxylation sites is 1. The third-order valence-corrected chi connectivity index (χ3v) is 5.10. The van der Waals surface area contributed by atoms with Gasteiger partial charge in [0, 0.05) is 4.47 Å². The van der Waals surface area contributed by atoms with Crippen molar-refractivity contribution in [3.63, 3.8) is 0 Å². The summed E-state index contributed by atoms with van der Waals surface area (Å²) in [7, 11) is 1.51. The second-order valence-corrected chi connectivity index (χ2v) is 7.17. The molecule has 1 fully saturated rings.